The zero-order valence-electron chi connectivity index (χ0n) is 9.88. The van der Waals surface area contributed by atoms with Crippen LogP contribution in [-0.2, 0) is 0 Å². The fourth-order valence-corrected chi connectivity index (χ4v) is 1.80. The molecule has 96 valence electrons. The van der Waals surface area contributed by atoms with Crippen molar-refractivity contribution in [3.05, 3.63) is 63.2 Å². The van der Waals surface area contributed by atoms with Gasteiger partial charge in [0.25, 0.3) is 5.91 Å². The molecule has 0 aliphatic rings. The number of hydrazone groups is 1. The van der Waals surface area contributed by atoms with Crippen molar-refractivity contribution in [2.75, 3.05) is 0 Å². The van der Waals surface area contributed by atoms with Crippen LogP contribution >= 0.6 is 22.6 Å². The number of carbonyl (C=O) groups is 1. The maximum absolute atomic E-state index is 11.7. The van der Waals surface area contributed by atoms with Gasteiger partial charge in [-0.05, 0) is 52.4 Å². The van der Waals surface area contributed by atoms with Crippen molar-refractivity contribution in [2.24, 2.45) is 5.10 Å². The fraction of sp³-hybridized carbons (Fsp3) is 0. The first kappa shape index (κ1) is 13.5. The number of nitrogens with one attached hydrogen (secondary N) is 1. The molecule has 0 fully saturated rings. The Morgan fingerprint density at radius 3 is 2.53 bits per heavy atom. The molecule has 0 aromatic heterocycles. The second kappa shape index (κ2) is 6.33. The summed E-state index contributed by atoms with van der Waals surface area (Å²) in [5.74, 6) is -0.510. The van der Waals surface area contributed by atoms with E-state index in [4.69, 9.17) is 0 Å². The molecule has 0 radical (unpaired) electrons. The Hall–Kier alpha value is -1.89. The van der Waals surface area contributed by atoms with Crippen LogP contribution < -0.4 is 5.43 Å². The quantitative estimate of drug-likeness (QED) is 0.499. The summed E-state index contributed by atoms with van der Waals surface area (Å²) in [7, 11) is 0. The minimum Gasteiger partial charge on any atom is -0.507 e. The lowest BCUT2D eigenvalue weighted by atomic mass is 10.2. The van der Waals surface area contributed by atoms with Crippen LogP contribution in [0.5, 0.6) is 5.75 Å². The second-order valence-corrected chi connectivity index (χ2v) is 5.01. The van der Waals surface area contributed by atoms with Crippen LogP contribution in [0.2, 0.25) is 0 Å². The molecular formula is C14H11IN2O2. The number of nitrogens with zero attached hydrogens (tertiary/aromatic N) is 1. The van der Waals surface area contributed by atoms with Crippen LogP contribution in [0.1, 0.15) is 15.9 Å². The number of phenolic OH excluding ortho intramolecular Hbond substituents is 1. The standard InChI is InChI=1S/C14H11IN2O2/c15-11-7-5-10(6-8-11)9-16-17-14(19)12-3-1-2-4-13(12)18/h1-9,18H,(H,17,19). The number of para-hydroxylation sites is 1. The SMILES string of the molecule is O=C(NN=Cc1ccc(I)cc1)c1ccccc1O. The highest BCUT2D eigenvalue weighted by Crippen LogP contribution is 2.14. The van der Waals surface area contributed by atoms with E-state index >= 15 is 0 Å². The summed E-state index contributed by atoms with van der Waals surface area (Å²) < 4.78 is 1.13. The van der Waals surface area contributed by atoms with E-state index in [1.54, 1.807) is 18.3 Å². The Kier molecular flexibility index (Phi) is 4.51. The molecule has 0 aliphatic heterocycles. The minimum atomic E-state index is -0.445. The van der Waals surface area contributed by atoms with E-state index in [0.717, 1.165) is 9.13 Å². The van der Waals surface area contributed by atoms with Crippen molar-refractivity contribution >= 4 is 34.7 Å². The molecule has 0 atom stereocenters. The average molecular weight is 366 g/mol. The largest absolute Gasteiger partial charge is 0.507 e. The number of amides is 1. The van der Waals surface area contributed by atoms with Gasteiger partial charge in [0.05, 0.1) is 11.8 Å². The van der Waals surface area contributed by atoms with Gasteiger partial charge in [0.1, 0.15) is 5.75 Å². The summed E-state index contributed by atoms with van der Waals surface area (Å²) >= 11 is 2.21. The van der Waals surface area contributed by atoms with Crippen molar-refractivity contribution in [3.63, 3.8) is 0 Å². The van der Waals surface area contributed by atoms with Crippen LogP contribution in [-0.4, -0.2) is 17.2 Å². The molecule has 2 aromatic carbocycles. The zero-order chi connectivity index (χ0) is 13.7. The van der Waals surface area contributed by atoms with Gasteiger partial charge in [-0.1, -0.05) is 24.3 Å². The number of rotatable bonds is 3. The van der Waals surface area contributed by atoms with Crippen LogP contribution in [0.4, 0.5) is 0 Å². The molecule has 1 amide bonds. The number of carbonyl (C=O) groups excluding carboxylic acids is 1. The molecule has 0 aliphatic carbocycles. The first-order chi connectivity index (χ1) is 9.16. The predicted molar refractivity (Wildman–Crippen MR) is 82.3 cm³/mol. The van der Waals surface area contributed by atoms with E-state index in [9.17, 15) is 9.90 Å². The number of phenols is 1. The van der Waals surface area contributed by atoms with E-state index in [1.165, 1.54) is 12.1 Å². The van der Waals surface area contributed by atoms with Gasteiger partial charge in [-0.25, -0.2) is 5.43 Å². The maximum Gasteiger partial charge on any atom is 0.275 e. The Morgan fingerprint density at radius 1 is 1.16 bits per heavy atom. The highest BCUT2D eigenvalue weighted by Gasteiger charge is 2.08. The third kappa shape index (κ3) is 3.78. The van der Waals surface area contributed by atoms with E-state index in [0.29, 0.717) is 0 Å². The topological polar surface area (TPSA) is 61.7 Å². The van der Waals surface area contributed by atoms with E-state index < -0.39 is 5.91 Å². The van der Waals surface area contributed by atoms with Gasteiger partial charge in [0, 0.05) is 3.57 Å². The van der Waals surface area contributed by atoms with Crippen molar-refractivity contribution in [1.82, 2.24) is 5.43 Å². The average Bonchev–Trinajstić information content (AvgIpc) is 2.41. The second-order valence-electron chi connectivity index (χ2n) is 3.77. The molecule has 4 nitrogen and oxygen atoms in total. The highest BCUT2D eigenvalue weighted by molar-refractivity contribution is 14.1. The Morgan fingerprint density at radius 2 is 1.84 bits per heavy atom. The van der Waals surface area contributed by atoms with Crippen molar-refractivity contribution in [1.29, 1.82) is 0 Å². The van der Waals surface area contributed by atoms with Gasteiger partial charge in [0.15, 0.2) is 0 Å². The highest BCUT2D eigenvalue weighted by atomic mass is 127. The monoisotopic (exact) mass is 366 g/mol. The van der Waals surface area contributed by atoms with Gasteiger partial charge in [-0.15, -0.1) is 0 Å². The molecule has 0 unspecified atom stereocenters. The van der Waals surface area contributed by atoms with Gasteiger partial charge >= 0.3 is 0 Å². The number of hydrogen-bond acceptors (Lipinski definition) is 3. The Bertz CT molecular complexity index is 609. The zero-order valence-corrected chi connectivity index (χ0v) is 12.0. The number of benzene rings is 2. The third-order valence-electron chi connectivity index (χ3n) is 2.40. The molecule has 2 aromatic rings. The van der Waals surface area contributed by atoms with Crippen molar-refractivity contribution in [2.45, 2.75) is 0 Å². The molecular weight excluding hydrogens is 355 g/mol. The molecule has 0 heterocycles. The summed E-state index contributed by atoms with van der Waals surface area (Å²) in [6.07, 6.45) is 1.55. The first-order valence-corrected chi connectivity index (χ1v) is 6.61. The molecule has 19 heavy (non-hydrogen) atoms. The molecule has 0 spiro atoms. The lowest BCUT2D eigenvalue weighted by molar-refractivity contribution is 0.0952. The van der Waals surface area contributed by atoms with E-state index in [-0.39, 0.29) is 11.3 Å². The number of hydrogen-bond donors (Lipinski definition) is 2. The molecule has 0 saturated carbocycles. The normalized spacial score (nSPS) is 10.6. The van der Waals surface area contributed by atoms with Gasteiger partial charge in [-0.3, -0.25) is 4.79 Å². The van der Waals surface area contributed by atoms with Gasteiger partial charge < -0.3 is 5.11 Å². The van der Waals surface area contributed by atoms with Crippen LogP contribution in [0.25, 0.3) is 0 Å². The van der Waals surface area contributed by atoms with Gasteiger partial charge in [0.2, 0.25) is 0 Å². The minimum absolute atomic E-state index is 0.0653. The van der Waals surface area contributed by atoms with Crippen LogP contribution in [0, 0.1) is 3.57 Å². The molecule has 5 heteroatoms. The maximum atomic E-state index is 11.7. The summed E-state index contributed by atoms with van der Waals surface area (Å²) in [6, 6.07) is 14.0. The Balaban J connectivity index is 2.01. The summed E-state index contributed by atoms with van der Waals surface area (Å²) in [5, 5.41) is 13.4. The molecule has 2 N–H and O–H groups in total. The number of halogens is 1. The molecule has 2 rings (SSSR count). The summed E-state index contributed by atoms with van der Waals surface area (Å²) in [5.41, 5.74) is 3.46. The summed E-state index contributed by atoms with van der Waals surface area (Å²) in [4.78, 5) is 11.7. The lowest BCUT2D eigenvalue weighted by Gasteiger charge is -2.01. The first-order valence-electron chi connectivity index (χ1n) is 5.54. The Labute approximate surface area is 124 Å². The molecule has 0 bridgehead atoms. The fourth-order valence-electron chi connectivity index (χ4n) is 1.44. The van der Waals surface area contributed by atoms with Gasteiger partial charge in [-0.2, -0.15) is 5.10 Å². The third-order valence-corrected chi connectivity index (χ3v) is 3.12. The predicted octanol–water partition coefficient (Wildman–Crippen LogP) is 2.76. The smallest absolute Gasteiger partial charge is 0.275 e. The van der Waals surface area contributed by atoms with E-state index in [2.05, 4.69) is 33.1 Å². The summed E-state index contributed by atoms with van der Waals surface area (Å²) in [6.45, 7) is 0. The van der Waals surface area contributed by atoms with E-state index in [1.807, 2.05) is 24.3 Å². The van der Waals surface area contributed by atoms with Crippen LogP contribution in [0.15, 0.2) is 53.6 Å². The van der Waals surface area contributed by atoms with Crippen molar-refractivity contribution in [3.8, 4) is 5.75 Å². The number of aromatic hydroxyl groups is 1. The molecule has 0 saturated heterocycles. The van der Waals surface area contributed by atoms with Crippen LogP contribution in [0.3, 0.4) is 0 Å². The lowest BCUT2D eigenvalue weighted by Crippen LogP contribution is -2.17. The van der Waals surface area contributed by atoms with Crippen molar-refractivity contribution < 1.29 is 9.90 Å².